The summed E-state index contributed by atoms with van der Waals surface area (Å²) in [5.74, 6) is 0.667. The van der Waals surface area contributed by atoms with Crippen LogP contribution in [-0.4, -0.2) is 0 Å². The second kappa shape index (κ2) is 17.5. The number of fused-ring (bicyclic) bond motifs is 8. The van der Waals surface area contributed by atoms with E-state index >= 15 is 0 Å². The fourth-order valence-electron chi connectivity index (χ4n) is 9.23. The topological polar surface area (TPSA) is 12.0 Å². The molecule has 0 amide bonds. The van der Waals surface area contributed by atoms with Crippen molar-refractivity contribution in [3.8, 4) is 11.1 Å². The Morgan fingerprint density at radius 2 is 1.37 bits per heavy atom. The fourth-order valence-corrected chi connectivity index (χ4v) is 10.4. The van der Waals surface area contributed by atoms with E-state index in [1.807, 2.05) is 39.0 Å². The van der Waals surface area contributed by atoms with Crippen molar-refractivity contribution in [2.24, 2.45) is 0 Å². The molecule has 0 atom stereocenters. The van der Waals surface area contributed by atoms with Gasteiger partial charge in [-0.25, -0.2) is 0 Å². The predicted octanol–water partition coefficient (Wildman–Crippen LogP) is 17.0. The van der Waals surface area contributed by atoms with Gasteiger partial charge in [0, 0.05) is 37.5 Å². The molecule has 2 aliphatic carbocycles. The molecule has 0 aliphatic heterocycles. The highest BCUT2D eigenvalue weighted by atomic mass is 32.1. The zero-order valence-corrected chi connectivity index (χ0v) is 36.1. The smallest absolute Gasteiger partial charge is 0.0383 e. The van der Waals surface area contributed by atoms with E-state index in [0.29, 0.717) is 5.92 Å². The van der Waals surface area contributed by atoms with Crippen LogP contribution in [0.25, 0.3) is 53.7 Å². The minimum Gasteiger partial charge on any atom is -0.362 e. The first-order valence-electron chi connectivity index (χ1n) is 21.4. The van der Waals surface area contributed by atoms with Crippen molar-refractivity contribution in [2.75, 3.05) is 5.32 Å². The summed E-state index contributed by atoms with van der Waals surface area (Å²) in [7, 11) is 0. The monoisotopic (exact) mass is 765 g/mol. The van der Waals surface area contributed by atoms with Gasteiger partial charge in [0.15, 0.2) is 0 Å². The number of allylic oxidation sites excluding steroid dienone is 4. The van der Waals surface area contributed by atoms with Crippen LogP contribution in [0, 0.1) is 6.92 Å². The quantitative estimate of drug-likeness (QED) is 0.159. The molecule has 0 saturated heterocycles. The van der Waals surface area contributed by atoms with Gasteiger partial charge in [-0.3, -0.25) is 0 Å². The van der Waals surface area contributed by atoms with E-state index in [1.165, 1.54) is 113 Å². The van der Waals surface area contributed by atoms with Crippen LogP contribution in [0.1, 0.15) is 120 Å². The lowest BCUT2D eigenvalue weighted by Gasteiger charge is -2.27. The number of thiophene rings is 1. The molecule has 0 spiro atoms. The van der Waals surface area contributed by atoms with Crippen molar-refractivity contribution in [1.82, 2.24) is 0 Å². The standard InChI is InChI=1S/C51H47NS.2C2H6/c1-33-15-8-9-19-38(33)39(27-25-36-18-14-24-48-49(36)43-22-12-13-23-47(43)53-48)34(2)29-30-52-37-26-28-42-45(31-37)51(3,4)46-32-44(35-16-6-5-7-17-35)40-20-10-11-21-41(40)50(42)46;2*1-2/h8-15,18-32,35,52H,5-7,16-17H2,1-4H3;2*1-2H3/b27-25-,30-29+,39-34+;;. The SMILES string of the molecule is CC.CC.CC(/C=C/Nc1ccc2c(c1)C(C)(C)c1cc(C3CCCCC3)c3ccccc3c1-2)=C(/C=C\c1cccc2sc3ccccc3c12)c1ccccc1C. The molecule has 0 radical (unpaired) electrons. The van der Waals surface area contributed by atoms with Crippen molar-refractivity contribution < 1.29 is 0 Å². The zero-order valence-electron chi connectivity index (χ0n) is 35.3. The predicted molar refractivity (Wildman–Crippen MR) is 255 cm³/mol. The number of hydrogen-bond acceptors (Lipinski definition) is 2. The molecule has 1 nitrogen and oxygen atoms in total. The van der Waals surface area contributed by atoms with E-state index in [0.717, 1.165) is 5.69 Å². The third-order valence-electron chi connectivity index (χ3n) is 12.1. The summed E-state index contributed by atoms with van der Waals surface area (Å²) in [6, 6.07) is 42.9. The van der Waals surface area contributed by atoms with Crippen molar-refractivity contribution in [2.45, 2.75) is 98.8 Å². The summed E-state index contributed by atoms with van der Waals surface area (Å²) in [6.07, 6.45) is 15.7. The summed E-state index contributed by atoms with van der Waals surface area (Å²) in [4.78, 5) is 0. The van der Waals surface area contributed by atoms with Crippen LogP contribution in [0.5, 0.6) is 0 Å². The van der Waals surface area contributed by atoms with Gasteiger partial charge in [0.05, 0.1) is 0 Å². The molecule has 7 aromatic rings. The van der Waals surface area contributed by atoms with Gasteiger partial charge in [0.1, 0.15) is 0 Å². The van der Waals surface area contributed by atoms with Gasteiger partial charge < -0.3 is 5.32 Å². The average molecular weight is 766 g/mol. The van der Waals surface area contributed by atoms with Crippen molar-refractivity contribution in [1.29, 1.82) is 0 Å². The maximum absolute atomic E-state index is 3.67. The Hall–Kier alpha value is -5.18. The largest absolute Gasteiger partial charge is 0.362 e. The molecular formula is C55H59NS. The van der Waals surface area contributed by atoms with Gasteiger partial charge in [-0.05, 0) is 129 Å². The molecule has 0 bridgehead atoms. The van der Waals surface area contributed by atoms with Gasteiger partial charge in [0.2, 0.25) is 0 Å². The molecule has 6 aromatic carbocycles. The summed E-state index contributed by atoms with van der Waals surface area (Å²) in [6.45, 7) is 17.3. The van der Waals surface area contributed by atoms with E-state index in [9.17, 15) is 0 Å². The number of rotatable bonds is 7. The average Bonchev–Trinajstić information content (AvgIpc) is 3.75. The number of benzene rings is 6. The first-order chi connectivity index (χ1) is 27.9. The van der Waals surface area contributed by atoms with Crippen LogP contribution in [-0.2, 0) is 5.41 Å². The van der Waals surface area contributed by atoms with E-state index in [-0.39, 0.29) is 5.41 Å². The minimum absolute atomic E-state index is 0.0746. The summed E-state index contributed by atoms with van der Waals surface area (Å²) >= 11 is 1.87. The minimum atomic E-state index is -0.0746. The molecule has 9 rings (SSSR count). The Labute approximate surface area is 345 Å². The first-order valence-corrected chi connectivity index (χ1v) is 22.2. The molecule has 1 heterocycles. The lowest BCUT2D eigenvalue weighted by atomic mass is 9.77. The van der Waals surface area contributed by atoms with E-state index in [1.54, 1.807) is 5.56 Å². The third kappa shape index (κ3) is 7.65. The van der Waals surface area contributed by atoms with E-state index in [4.69, 9.17) is 0 Å². The molecule has 0 unspecified atom stereocenters. The normalized spacial score (nSPS) is 15.2. The molecule has 57 heavy (non-hydrogen) atoms. The fraction of sp³-hybridized carbons (Fsp3) is 0.273. The van der Waals surface area contributed by atoms with E-state index < -0.39 is 0 Å². The van der Waals surface area contributed by atoms with Gasteiger partial charge in [-0.1, -0.05) is 164 Å². The Morgan fingerprint density at radius 1 is 0.684 bits per heavy atom. The molecule has 2 aliphatic rings. The molecular weight excluding hydrogens is 707 g/mol. The lowest BCUT2D eigenvalue weighted by molar-refractivity contribution is 0.445. The van der Waals surface area contributed by atoms with E-state index in [2.05, 4.69) is 173 Å². The zero-order chi connectivity index (χ0) is 40.1. The van der Waals surface area contributed by atoms with Crippen LogP contribution >= 0.6 is 11.3 Å². The number of aryl methyl sites for hydroxylation is 1. The summed E-state index contributed by atoms with van der Waals surface area (Å²) in [5.41, 5.74) is 14.5. The number of hydrogen-bond donors (Lipinski definition) is 1. The molecule has 1 aromatic heterocycles. The summed E-state index contributed by atoms with van der Waals surface area (Å²) in [5, 5.41) is 9.20. The Balaban J connectivity index is 0.00000120. The van der Waals surface area contributed by atoms with Gasteiger partial charge in [0.25, 0.3) is 0 Å². The maximum atomic E-state index is 3.67. The maximum Gasteiger partial charge on any atom is 0.0383 e. The van der Waals surface area contributed by atoms with Crippen molar-refractivity contribution >= 4 is 59.6 Å². The van der Waals surface area contributed by atoms with Gasteiger partial charge >= 0.3 is 0 Å². The highest BCUT2D eigenvalue weighted by Gasteiger charge is 2.38. The Kier molecular flexibility index (Phi) is 12.3. The molecule has 1 N–H and O–H groups in total. The highest BCUT2D eigenvalue weighted by Crippen LogP contribution is 2.54. The highest BCUT2D eigenvalue weighted by molar-refractivity contribution is 7.25. The second-order valence-electron chi connectivity index (χ2n) is 15.7. The van der Waals surface area contributed by atoms with Crippen LogP contribution < -0.4 is 5.32 Å². The molecule has 2 heteroatoms. The third-order valence-corrected chi connectivity index (χ3v) is 13.2. The number of anilines is 1. The van der Waals surface area contributed by atoms with Crippen LogP contribution in [0.15, 0.2) is 139 Å². The van der Waals surface area contributed by atoms with Gasteiger partial charge in [-0.2, -0.15) is 0 Å². The second-order valence-corrected chi connectivity index (χ2v) is 16.8. The lowest BCUT2D eigenvalue weighted by Crippen LogP contribution is -2.16. The molecule has 1 saturated carbocycles. The van der Waals surface area contributed by atoms with Crippen molar-refractivity contribution in [3.05, 3.63) is 173 Å². The molecule has 290 valence electrons. The Morgan fingerprint density at radius 3 is 2.14 bits per heavy atom. The van der Waals surface area contributed by atoms with Crippen molar-refractivity contribution in [3.63, 3.8) is 0 Å². The Bertz CT molecular complexity index is 2620. The van der Waals surface area contributed by atoms with Gasteiger partial charge in [-0.15, -0.1) is 11.3 Å². The molecule has 1 fully saturated rings. The van der Waals surface area contributed by atoms with Crippen LogP contribution in [0.2, 0.25) is 0 Å². The van der Waals surface area contributed by atoms with Crippen LogP contribution in [0.4, 0.5) is 5.69 Å². The number of nitrogens with one attached hydrogen (secondary N) is 1. The first kappa shape index (κ1) is 40.0. The van der Waals surface area contributed by atoms with Crippen LogP contribution in [0.3, 0.4) is 0 Å². The summed E-state index contributed by atoms with van der Waals surface area (Å²) < 4.78 is 2.66.